The fourth-order valence-electron chi connectivity index (χ4n) is 2.73. The molecule has 2 aromatic carbocycles. The number of anilines is 1. The SMILES string of the molecule is CC(C)(CNC(=O)c1c(F)ccc2[nH]cnc12)NC(=O)c1cccc(N)c1F. The third kappa shape index (κ3) is 3.78. The summed E-state index contributed by atoms with van der Waals surface area (Å²) in [7, 11) is 0. The summed E-state index contributed by atoms with van der Waals surface area (Å²) in [5, 5.41) is 5.21. The molecular formula is C19H19F2N5O2. The molecule has 3 aromatic rings. The van der Waals surface area contributed by atoms with E-state index >= 15 is 0 Å². The van der Waals surface area contributed by atoms with Crippen LogP contribution >= 0.6 is 0 Å². The van der Waals surface area contributed by atoms with Gasteiger partial charge in [0.15, 0.2) is 5.82 Å². The van der Waals surface area contributed by atoms with E-state index in [1.165, 1.54) is 36.7 Å². The maximum atomic E-state index is 14.1. The van der Waals surface area contributed by atoms with E-state index in [-0.39, 0.29) is 28.9 Å². The predicted octanol–water partition coefficient (Wildman–Crippen LogP) is 2.36. The molecule has 0 spiro atoms. The quantitative estimate of drug-likeness (QED) is 0.503. The van der Waals surface area contributed by atoms with Crippen molar-refractivity contribution in [3.8, 4) is 0 Å². The molecule has 0 radical (unpaired) electrons. The van der Waals surface area contributed by atoms with Crippen molar-refractivity contribution < 1.29 is 18.4 Å². The van der Waals surface area contributed by atoms with Gasteiger partial charge in [-0.05, 0) is 38.1 Å². The second kappa shape index (κ2) is 7.26. The van der Waals surface area contributed by atoms with Gasteiger partial charge in [-0.2, -0.15) is 0 Å². The Morgan fingerprint density at radius 1 is 1.18 bits per heavy atom. The van der Waals surface area contributed by atoms with E-state index < -0.39 is 29.0 Å². The average molecular weight is 387 g/mol. The van der Waals surface area contributed by atoms with Crippen LogP contribution in [-0.4, -0.2) is 33.9 Å². The first-order valence-electron chi connectivity index (χ1n) is 8.46. The highest BCUT2D eigenvalue weighted by molar-refractivity contribution is 6.05. The Morgan fingerprint density at radius 2 is 1.93 bits per heavy atom. The molecule has 3 rings (SSSR count). The van der Waals surface area contributed by atoms with E-state index in [9.17, 15) is 18.4 Å². The number of hydrogen-bond donors (Lipinski definition) is 4. The Hall–Kier alpha value is -3.49. The fraction of sp³-hybridized carbons (Fsp3) is 0.211. The van der Waals surface area contributed by atoms with Gasteiger partial charge in [0.05, 0.1) is 28.6 Å². The lowest BCUT2D eigenvalue weighted by molar-refractivity contribution is 0.0878. The first-order chi connectivity index (χ1) is 13.2. The van der Waals surface area contributed by atoms with Gasteiger partial charge in [-0.15, -0.1) is 0 Å². The number of nitrogens with one attached hydrogen (secondary N) is 3. The lowest BCUT2D eigenvalue weighted by Gasteiger charge is -2.27. The maximum Gasteiger partial charge on any atom is 0.256 e. The van der Waals surface area contributed by atoms with Crippen molar-refractivity contribution >= 4 is 28.5 Å². The average Bonchev–Trinajstić information content (AvgIpc) is 3.10. The summed E-state index contributed by atoms with van der Waals surface area (Å²) >= 11 is 0. The fourth-order valence-corrected chi connectivity index (χ4v) is 2.73. The van der Waals surface area contributed by atoms with Gasteiger partial charge in [0.1, 0.15) is 16.9 Å². The molecule has 0 saturated heterocycles. The third-order valence-electron chi connectivity index (χ3n) is 4.18. The zero-order chi connectivity index (χ0) is 20.5. The highest BCUT2D eigenvalue weighted by atomic mass is 19.1. The molecule has 0 aliphatic carbocycles. The number of fused-ring (bicyclic) bond motifs is 1. The number of imidazole rings is 1. The molecule has 9 heteroatoms. The van der Waals surface area contributed by atoms with Crippen LogP contribution in [0.25, 0.3) is 11.0 Å². The van der Waals surface area contributed by atoms with Crippen molar-refractivity contribution in [3.63, 3.8) is 0 Å². The molecule has 0 fully saturated rings. The van der Waals surface area contributed by atoms with Crippen LogP contribution in [0.4, 0.5) is 14.5 Å². The number of halogens is 2. The number of amides is 2. The summed E-state index contributed by atoms with van der Waals surface area (Å²) in [6.45, 7) is 3.25. The molecule has 0 aliphatic heterocycles. The molecule has 1 heterocycles. The Labute approximate surface area is 159 Å². The van der Waals surface area contributed by atoms with Gasteiger partial charge in [-0.1, -0.05) is 6.07 Å². The van der Waals surface area contributed by atoms with E-state index in [4.69, 9.17) is 5.73 Å². The number of benzene rings is 2. The number of aromatic nitrogens is 2. The van der Waals surface area contributed by atoms with Crippen LogP contribution in [0.2, 0.25) is 0 Å². The van der Waals surface area contributed by atoms with E-state index in [0.717, 1.165) is 0 Å². The number of carbonyl (C=O) groups excluding carboxylic acids is 2. The van der Waals surface area contributed by atoms with E-state index in [1.807, 2.05) is 0 Å². The maximum absolute atomic E-state index is 14.1. The first-order valence-corrected chi connectivity index (χ1v) is 8.46. The van der Waals surface area contributed by atoms with Crippen LogP contribution < -0.4 is 16.4 Å². The van der Waals surface area contributed by atoms with Crippen LogP contribution in [0.5, 0.6) is 0 Å². The Balaban J connectivity index is 1.71. The summed E-state index contributed by atoms with van der Waals surface area (Å²) in [4.78, 5) is 31.6. The second-order valence-electron chi connectivity index (χ2n) is 6.95. The van der Waals surface area contributed by atoms with Crippen LogP contribution in [0.15, 0.2) is 36.7 Å². The van der Waals surface area contributed by atoms with Crippen LogP contribution in [0.3, 0.4) is 0 Å². The van der Waals surface area contributed by atoms with Crippen molar-refractivity contribution in [2.45, 2.75) is 19.4 Å². The smallest absolute Gasteiger partial charge is 0.256 e. The minimum absolute atomic E-state index is 0.0260. The number of H-pyrrole nitrogens is 1. The van der Waals surface area contributed by atoms with E-state index in [0.29, 0.717) is 5.52 Å². The summed E-state index contributed by atoms with van der Waals surface area (Å²) < 4.78 is 28.2. The highest BCUT2D eigenvalue weighted by Crippen LogP contribution is 2.19. The minimum Gasteiger partial charge on any atom is -0.396 e. The van der Waals surface area contributed by atoms with Crippen molar-refractivity contribution in [3.05, 3.63) is 59.4 Å². The van der Waals surface area contributed by atoms with Gasteiger partial charge >= 0.3 is 0 Å². The zero-order valence-electron chi connectivity index (χ0n) is 15.3. The Morgan fingerprint density at radius 3 is 2.68 bits per heavy atom. The van der Waals surface area contributed by atoms with E-state index in [2.05, 4.69) is 20.6 Å². The molecular weight excluding hydrogens is 368 g/mol. The molecule has 0 atom stereocenters. The van der Waals surface area contributed by atoms with Gasteiger partial charge in [0.25, 0.3) is 11.8 Å². The van der Waals surface area contributed by atoms with Crippen molar-refractivity contribution in [1.82, 2.24) is 20.6 Å². The predicted molar refractivity (Wildman–Crippen MR) is 101 cm³/mol. The summed E-state index contributed by atoms with van der Waals surface area (Å²) in [6, 6.07) is 6.78. The number of nitrogen functional groups attached to an aromatic ring is 1. The molecule has 7 nitrogen and oxygen atoms in total. The van der Waals surface area contributed by atoms with Gasteiger partial charge in [0, 0.05) is 6.54 Å². The van der Waals surface area contributed by atoms with Crippen molar-refractivity contribution in [2.24, 2.45) is 0 Å². The number of aromatic amines is 1. The summed E-state index contributed by atoms with van der Waals surface area (Å²) in [6.07, 6.45) is 1.37. The lowest BCUT2D eigenvalue weighted by atomic mass is 10.0. The molecule has 0 saturated carbocycles. The zero-order valence-corrected chi connectivity index (χ0v) is 15.3. The van der Waals surface area contributed by atoms with E-state index in [1.54, 1.807) is 13.8 Å². The number of nitrogens with zero attached hydrogens (tertiary/aromatic N) is 1. The summed E-state index contributed by atoms with van der Waals surface area (Å²) in [5.74, 6) is -2.87. The first kappa shape index (κ1) is 19.3. The number of carbonyl (C=O) groups is 2. The molecule has 0 bridgehead atoms. The molecule has 28 heavy (non-hydrogen) atoms. The molecule has 1 aromatic heterocycles. The molecule has 2 amide bonds. The van der Waals surface area contributed by atoms with Crippen LogP contribution in [0, 0.1) is 11.6 Å². The second-order valence-corrected chi connectivity index (χ2v) is 6.95. The highest BCUT2D eigenvalue weighted by Gasteiger charge is 2.25. The Kier molecular flexibility index (Phi) is 5.00. The van der Waals surface area contributed by atoms with Crippen LogP contribution in [-0.2, 0) is 0 Å². The summed E-state index contributed by atoms with van der Waals surface area (Å²) in [5.41, 5.74) is 4.74. The standard InChI is InChI=1S/C19H19F2N5O2/c1-19(2,26-17(27)10-4-3-5-12(22)15(10)21)8-23-18(28)14-11(20)6-7-13-16(14)25-9-24-13/h3-7,9H,8,22H2,1-2H3,(H,23,28)(H,24,25)(H,26,27). The normalized spacial score (nSPS) is 11.4. The van der Waals surface area contributed by atoms with Gasteiger partial charge in [-0.25, -0.2) is 13.8 Å². The molecule has 0 unspecified atom stereocenters. The van der Waals surface area contributed by atoms with Crippen LogP contribution in [0.1, 0.15) is 34.6 Å². The number of hydrogen-bond acceptors (Lipinski definition) is 4. The van der Waals surface area contributed by atoms with Crippen molar-refractivity contribution in [1.29, 1.82) is 0 Å². The lowest BCUT2D eigenvalue weighted by Crippen LogP contribution is -2.51. The number of nitrogens with two attached hydrogens (primary N) is 1. The van der Waals surface area contributed by atoms with Gasteiger partial charge in [-0.3, -0.25) is 9.59 Å². The molecule has 146 valence electrons. The number of rotatable bonds is 5. The monoisotopic (exact) mass is 387 g/mol. The van der Waals surface area contributed by atoms with Gasteiger partial charge < -0.3 is 21.4 Å². The third-order valence-corrected chi connectivity index (χ3v) is 4.18. The largest absolute Gasteiger partial charge is 0.396 e. The molecule has 0 aliphatic rings. The minimum atomic E-state index is -0.945. The Bertz CT molecular complexity index is 1060. The van der Waals surface area contributed by atoms with Crippen molar-refractivity contribution in [2.75, 3.05) is 12.3 Å². The topological polar surface area (TPSA) is 113 Å². The van der Waals surface area contributed by atoms with Gasteiger partial charge in [0.2, 0.25) is 0 Å². The molecule has 5 N–H and O–H groups in total.